The quantitative estimate of drug-likeness (QED) is 0.803. The number of urea groups is 1. The average Bonchev–Trinajstić information content (AvgIpc) is 2.36. The number of hydrogen-bond acceptors (Lipinski definition) is 3. The van der Waals surface area contributed by atoms with E-state index in [2.05, 4.69) is 11.8 Å². The molecule has 6 heteroatoms. The van der Waals surface area contributed by atoms with Crippen LogP contribution in [0.3, 0.4) is 0 Å². The zero-order valence-electron chi connectivity index (χ0n) is 12.1. The third-order valence-electron chi connectivity index (χ3n) is 3.27. The van der Waals surface area contributed by atoms with Crippen molar-refractivity contribution in [2.45, 2.75) is 20.8 Å². The first-order chi connectivity index (χ1) is 8.93. The number of carbonyl (C=O) groups is 2. The third-order valence-corrected chi connectivity index (χ3v) is 3.27. The van der Waals surface area contributed by atoms with E-state index in [9.17, 15) is 9.59 Å². The second-order valence-corrected chi connectivity index (χ2v) is 5.37. The highest BCUT2D eigenvalue weighted by Gasteiger charge is 2.26. The van der Waals surface area contributed by atoms with Crippen molar-refractivity contribution in [3.63, 3.8) is 0 Å². The lowest BCUT2D eigenvalue weighted by atomic mass is 10.2. The van der Waals surface area contributed by atoms with Crippen molar-refractivity contribution in [2.24, 2.45) is 5.92 Å². The molecule has 1 aliphatic heterocycles. The molecule has 0 unspecified atom stereocenters. The predicted molar refractivity (Wildman–Crippen MR) is 73.1 cm³/mol. The first kappa shape index (κ1) is 15.8. The van der Waals surface area contributed by atoms with Crippen LogP contribution < -0.4 is 0 Å². The molecule has 1 aliphatic rings. The van der Waals surface area contributed by atoms with Gasteiger partial charge in [0.05, 0.1) is 0 Å². The van der Waals surface area contributed by atoms with E-state index < -0.39 is 5.97 Å². The summed E-state index contributed by atoms with van der Waals surface area (Å²) in [6.45, 7) is 10.4. The van der Waals surface area contributed by atoms with Gasteiger partial charge >= 0.3 is 12.0 Å². The van der Waals surface area contributed by atoms with Crippen LogP contribution in [-0.2, 0) is 4.79 Å². The van der Waals surface area contributed by atoms with Crippen LogP contribution in [0.25, 0.3) is 0 Å². The normalized spacial score (nSPS) is 16.7. The van der Waals surface area contributed by atoms with E-state index in [0.717, 1.165) is 19.6 Å². The standard InChI is InChI=1S/C13H25N3O3/c1-4-14-5-7-15(8-6-14)13(19)16(9-11(2)3)10-12(17)18/h11H,4-10H2,1-3H3,(H,17,18). The third kappa shape index (κ3) is 5.06. The number of piperazine rings is 1. The first-order valence-corrected chi connectivity index (χ1v) is 6.92. The van der Waals surface area contributed by atoms with E-state index >= 15 is 0 Å². The maximum atomic E-state index is 12.3. The van der Waals surface area contributed by atoms with E-state index in [1.807, 2.05) is 13.8 Å². The van der Waals surface area contributed by atoms with Crippen LogP contribution in [0.4, 0.5) is 4.79 Å². The molecule has 0 atom stereocenters. The molecule has 0 spiro atoms. The molecule has 19 heavy (non-hydrogen) atoms. The van der Waals surface area contributed by atoms with Crippen molar-refractivity contribution in [3.05, 3.63) is 0 Å². The summed E-state index contributed by atoms with van der Waals surface area (Å²) in [6, 6.07) is -0.146. The Balaban J connectivity index is 2.58. The lowest BCUT2D eigenvalue weighted by molar-refractivity contribution is -0.137. The molecule has 0 saturated carbocycles. The van der Waals surface area contributed by atoms with Crippen LogP contribution in [0.1, 0.15) is 20.8 Å². The molecule has 6 nitrogen and oxygen atoms in total. The van der Waals surface area contributed by atoms with Crippen molar-refractivity contribution in [2.75, 3.05) is 45.8 Å². The number of rotatable bonds is 5. The van der Waals surface area contributed by atoms with Crippen LogP contribution in [0, 0.1) is 5.92 Å². The zero-order valence-corrected chi connectivity index (χ0v) is 12.1. The van der Waals surface area contributed by atoms with Crippen molar-refractivity contribution in [3.8, 4) is 0 Å². The van der Waals surface area contributed by atoms with E-state index in [-0.39, 0.29) is 18.5 Å². The molecule has 1 rings (SSSR count). The molecule has 1 saturated heterocycles. The van der Waals surface area contributed by atoms with Crippen molar-refractivity contribution < 1.29 is 14.7 Å². The van der Waals surface area contributed by atoms with Crippen molar-refractivity contribution in [1.82, 2.24) is 14.7 Å². The summed E-state index contributed by atoms with van der Waals surface area (Å²) in [5.41, 5.74) is 0. The minimum atomic E-state index is -0.957. The minimum Gasteiger partial charge on any atom is -0.480 e. The Morgan fingerprint density at radius 2 is 1.79 bits per heavy atom. The maximum Gasteiger partial charge on any atom is 0.323 e. The van der Waals surface area contributed by atoms with Gasteiger partial charge in [-0.25, -0.2) is 4.79 Å². The molecule has 1 N–H and O–H groups in total. The summed E-state index contributed by atoms with van der Waals surface area (Å²) in [7, 11) is 0. The molecule has 1 heterocycles. The second kappa shape index (κ2) is 7.33. The summed E-state index contributed by atoms with van der Waals surface area (Å²) in [6.07, 6.45) is 0. The number of carbonyl (C=O) groups excluding carboxylic acids is 1. The second-order valence-electron chi connectivity index (χ2n) is 5.37. The van der Waals surface area contributed by atoms with Gasteiger partial charge in [0.1, 0.15) is 6.54 Å². The van der Waals surface area contributed by atoms with Crippen LogP contribution >= 0.6 is 0 Å². The maximum absolute atomic E-state index is 12.3. The van der Waals surface area contributed by atoms with E-state index in [4.69, 9.17) is 5.11 Å². The molecular formula is C13H25N3O3. The summed E-state index contributed by atoms with van der Waals surface area (Å²) in [5, 5.41) is 8.90. The van der Waals surface area contributed by atoms with Gasteiger partial charge in [-0.3, -0.25) is 4.79 Å². The van der Waals surface area contributed by atoms with Gasteiger partial charge in [0, 0.05) is 32.7 Å². The Morgan fingerprint density at radius 3 is 2.21 bits per heavy atom. The molecule has 0 aliphatic carbocycles. The van der Waals surface area contributed by atoms with Crippen LogP contribution in [0.5, 0.6) is 0 Å². The first-order valence-electron chi connectivity index (χ1n) is 6.92. The number of likely N-dealkylation sites (N-methyl/N-ethyl adjacent to an activating group) is 1. The van der Waals surface area contributed by atoms with Gasteiger partial charge in [0.15, 0.2) is 0 Å². The summed E-state index contributed by atoms with van der Waals surface area (Å²) < 4.78 is 0. The number of nitrogens with zero attached hydrogens (tertiary/aromatic N) is 3. The lowest BCUT2D eigenvalue weighted by Gasteiger charge is -2.37. The lowest BCUT2D eigenvalue weighted by Crippen LogP contribution is -2.54. The van der Waals surface area contributed by atoms with Gasteiger partial charge < -0.3 is 19.8 Å². The van der Waals surface area contributed by atoms with Crippen molar-refractivity contribution in [1.29, 1.82) is 0 Å². The van der Waals surface area contributed by atoms with Gasteiger partial charge in [0.25, 0.3) is 0 Å². The molecule has 0 radical (unpaired) electrons. The number of hydrogen-bond donors (Lipinski definition) is 1. The van der Waals surface area contributed by atoms with Gasteiger partial charge in [-0.1, -0.05) is 20.8 Å². The van der Waals surface area contributed by atoms with Gasteiger partial charge in [0.2, 0.25) is 0 Å². The number of carboxylic acids is 1. The predicted octanol–water partition coefficient (Wildman–Crippen LogP) is 0.786. The van der Waals surface area contributed by atoms with E-state index in [0.29, 0.717) is 19.6 Å². The molecular weight excluding hydrogens is 246 g/mol. The Hall–Kier alpha value is -1.30. The van der Waals surface area contributed by atoms with E-state index in [1.54, 1.807) is 4.90 Å². The molecule has 2 amide bonds. The average molecular weight is 271 g/mol. The van der Waals surface area contributed by atoms with Gasteiger partial charge in [-0.15, -0.1) is 0 Å². The number of aliphatic carboxylic acids is 1. The molecule has 110 valence electrons. The molecule has 0 bridgehead atoms. The monoisotopic (exact) mass is 271 g/mol. The minimum absolute atomic E-state index is 0.146. The molecule has 0 aromatic rings. The summed E-state index contributed by atoms with van der Waals surface area (Å²) in [5.74, 6) is -0.693. The van der Waals surface area contributed by atoms with Crippen LogP contribution in [-0.4, -0.2) is 77.6 Å². The Bertz CT molecular complexity index is 312. The Labute approximate surface area is 115 Å². The largest absolute Gasteiger partial charge is 0.480 e. The summed E-state index contributed by atoms with van der Waals surface area (Å²) >= 11 is 0. The van der Waals surface area contributed by atoms with Crippen LogP contribution in [0.15, 0.2) is 0 Å². The molecule has 0 aromatic carbocycles. The van der Waals surface area contributed by atoms with Gasteiger partial charge in [-0.2, -0.15) is 0 Å². The smallest absolute Gasteiger partial charge is 0.323 e. The highest BCUT2D eigenvalue weighted by molar-refractivity contribution is 5.80. The fourth-order valence-corrected chi connectivity index (χ4v) is 2.27. The zero-order chi connectivity index (χ0) is 14.4. The number of carboxylic acid groups (broad SMARTS) is 1. The topological polar surface area (TPSA) is 64.1 Å². The Morgan fingerprint density at radius 1 is 1.21 bits per heavy atom. The summed E-state index contributed by atoms with van der Waals surface area (Å²) in [4.78, 5) is 28.7. The SMILES string of the molecule is CCN1CCN(C(=O)N(CC(=O)O)CC(C)C)CC1. The Kier molecular flexibility index (Phi) is 6.08. The highest BCUT2D eigenvalue weighted by atomic mass is 16.4. The van der Waals surface area contributed by atoms with E-state index in [1.165, 1.54) is 4.90 Å². The van der Waals surface area contributed by atoms with Crippen LogP contribution in [0.2, 0.25) is 0 Å². The highest BCUT2D eigenvalue weighted by Crippen LogP contribution is 2.08. The fraction of sp³-hybridized carbons (Fsp3) is 0.846. The molecule has 0 aromatic heterocycles. The fourth-order valence-electron chi connectivity index (χ4n) is 2.27. The number of amides is 2. The van der Waals surface area contributed by atoms with Gasteiger partial charge in [-0.05, 0) is 12.5 Å². The molecule has 1 fully saturated rings. The van der Waals surface area contributed by atoms with Crippen molar-refractivity contribution >= 4 is 12.0 Å².